The van der Waals surface area contributed by atoms with E-state index in [0.29, 0.717) is 5.92 Å². The molecule has 2 N–H and O–H groups in total. The first-order valence-corrected chi connectivity index (χ1v) is 6.74. The number of H-pyrrole nitrogens is 1. The first-order chi connectivity index (χ1) is 9.01. The first-order valence-electron chi connectivity index (χ1n) is 6.74. The van der Waals surface area contributed by atoms with E-state index in [1.165, 1.54) is 0 Å². The van der Waals surface area contributed by atoms with E-state index < -0.39 is 11.4 Å². The average molecular weight is 258 g/mol. The molecule has 0 bridgehead atoms. The maximum Gasteiger partial charge on any atom is 0.314 e. The van der Waals surface area contributed by atoms with Gasteiger partial charge in [0, 0.05) is 6.42 Å². The summed E-state index contributed by atoms with van der Waals surface area (Å²) in [6.45, 7) is 4.31. The zero-order valence-electron chi connectivity index (χ0n) is 11.2. The smallest absolute Gasteiger partial charge is 0.314 e. The van der Waals surface area contributed by atoms with Crippen LogP contribution in [0.4, 0.5) is 0 Å². The molecule has 0 atom stereocenters. The molecular formula is C15H18N2O2. The van der Waals surface area contributed by atoms with Crippen molar-refractivity contribution < 1.29 is 9.90 Å². The summed E-state index contributed by atoms with van der Waals surface area (Å²) in [6, 6.07) is 5.78. The van der Waals surface area contributed by atoms with Crippen LogP contribution in [-0.4, -0.2) is 21.0 Å². The summed E-state index contributed by atoms with van der Waals surface area (Å²) in [5.74, 6) is 0.810. The van der Waals surface area contributed by atoms with Crippen molar-refractivity contribution in [2.24, 2.45) is 5.92 Å². The molecular weight excluding hydrogens is 240 g/mol. The van der Waals surface area contributed by atoms with Crippen molar-refractivity contribution in [2.75, 3.05) is 0 Å². The third-order valence-corrected chi connectivity index (χ3v) is 3.84. The molecule has 0 amide bonds. The van der Waals surface area contributed by atoms with Crippen LogP contribution in [0, 0.1) is 5.92 Å². The Morgan fingerprint density at radius 1 is 1.47 bits per heavy atom. The number of benzene rings is 1. The van der Waals surface area contributed by atoms with E-state index in [0.717, 1.165) is 41.7 Å². The highest BCUT2D eigenvalue weighted by atomic mass is 16.4. The Balaban J connectivity index is 1.99. The van der Waals surface area contributed by atoms with Gasteiger partial charge in [-0.25, -0.2) is 4.98 Å². The van der Waals surface area contributed by atoms with Crippen LogP contribution in [-0.2, 0) is 16.6 Å². The van der Waals surface area contributed by atoms with Gasteiger partial charge in [-0.3, -0.25) is 4.79 Å². The van der Waals surface area contributed by atoms with Gasteiger partial charge in [-0.05, 0) is 36.5 Å². The molecule has 1 aliphatic carbocycles. The van der Waals surface area contributed by atoms with Crippen molar-refractivity contribution in [3.63, 3.8) is 0 Å². The molecule has 1 aliphatic rings. The number of aliphatic carboxylic acids is 1. The number of aromatic amines is 1. The predicted molar refractivity (Wildman–Crippen MR) is 73.2 cm³/mol. The minimum atomic E-state index is -0.714. The van der Waals surface area contributed by atoms with Gasteiger partial charge in [0.25, 0.3) is 0 Å². The third-order valence-electron chi connectivity index (χ3n) is 3.84. The number of carboxylic acids is 1. The maximum atomic E-state index is 11.3. The second-order valence-corrected chi connectivity index (χ2v) is 5.90. The standard InChI is InChI=1S/C15H18N2O2/c1-9(2)7-13-16-11-4-3-10(8-12(11)17-13)15(5-6-15)14(18)19/h3-4,8-9H,5-7H2,1-2H3,(H,16,17)(H,18,19). The molecule has 2 aromatic rings. The molecule has 1 saturated carbocycles. The zero-order valence-corrected chi connectivity index (χ0v) is 11.2. The molecule has 19 heavy (non-hydrogen) atoms. The number of imidazole rings is 1. The zero-order chi connectivity index (χ0) is 13.6. The molecule has 1 heterocycles. The average Bonchev–Trinajstić information content (AvgIpc) is 3.04. The highest BCUT2D eigenvalue weighted by molar-refractivity contribution is 5.87. The predicted octanol–water partition coefficient (Wildman–Crippen LogP) is 2.88. The van der Waals surface area contributed by atoms with Crippen molar-refractivity contribution in [3.8, 4) is 0 Å². The highest BCUT2D eigenvalue weighted by Gasteiger charge is 2.51. The van der Waals surface area contributed by atoms with E-state index in [1.807, 2.05) is 18.2 Å². The second kappa shape index (κ2) is 4.08. The van der Waals surface area contributed by atoms with E-state index in [-0.39, 0.29) is 0 Å². The molecule has 0 unspecified atom stereocenters. The fraction of sp³-hybridized carbons (Fsp3) is 0.467. The van der Waals surface area contributed by atoms with Gasteiger partial charge >= 0.3 is 5.97 Å². The Morgan fingerprint density at radius 3 is 2.79 bits per heavy atom. The van der Waals surface area contributed by atoms with Gasteiger partial charge in [-0.2, -0.15) is 0 Å². The van der Waals surface area contributed by atoms with E-state index in [9.17, 15) is 9.90 Å². The minimum absolute atomic E-state index is 0.550. The summed E-state index contributed by atoms with van der Waals surface area (Å²) < 4.78 is 0. The Morgan fingerprint density at radius 2 is 2.21 bits per heavy atom. The van der Waals surface area contributed by atoms with E-state index in [2.05, 4.69) is 23.8 Å². The van der Waals surface area contributed by atoms with E-state index in [1.54, 1.807) is 0 Å². The SMILES string of the molecule is CC(C)Cc1nc2ccc(C3(C(=O)O)CC3)cc2[nH]1. The van der Waals surface area contributed by atoms with Gasteiger partial charge in [-0.1, -0.05) is 19.9 Å². The van der Waals surface area contributed by atoms with E-state index in [4.69, 9.17) is 0 Å². The third kappa shape index (κ3) is 2.01. The number of carboxylic acid groups (broad SMARTS) is 1. The lowest BCUT2D eigenvalue weighted by Crippen LogP contribution is -2.19. The summed E-state index contributed by atoms with van der Waals surface area (Å²) in [5, 5.41) is 9.33. The fourth-order valence-electron chi connectivity index (χ4n) is 2.59. The van der Waals surface area contributed by atoms with Crippen LogP contribution < -0.4 is 0 Å². The molecule has 1 fully saturated rings. The molecule has 0 aliphatic heterocycles. The van der Waals surface area contributed by atoms with Crippen LogP contribution in [0.1, 0.15) is 38.1 Å². The normalized spacial score (nSPS) is 17.0. The summed E-state index contributed by atoms with van der Waals surface area (Å²) in [7, 11) is 0. The molecule has 0 spiro atoms. The number of nitrogens with zero attached hydrogens (tertiary/aromatic N) is 1. The van der Waals surface area contributed by atoms with Crippen LogP contribution in [0.3, 0.4) is 0 Å². The lowest BCUT2D eigenvalue weighted by molar-refractivity contribution is -0.140. The number of nitrogens with one attached hydrogen (secondary N) is 1. The maximum absolute atomic E-state index is 11.3. The van der Waals surface area contributed by atoms with Gasteiger partial charge < -0.3 is 10.1 Å². The van der Waals surface area contributed by atoms with Crippen LogP contribution in [0.25, 0.3) is 11.0 Å². The first kappa shape index (κ1) is 12.2. The van der Waals surface area contributed by atoms with Crippen molar-refractivity contribution in [1.82, 2.24) is 9.97 Å². The molecule has 1 aromatic heterocycles. The minimum Gasteiger partial charge on any atom is -0.481 e. The topological polar surface area (TPSA) is 66.0 Å². The summed E-state index contributed by atoms with van der Waals surface area (Å²) in [6.07, 6.45) is 2.38. The lowest BCUT2D eigenvalue weighted by Gasteiger charge is -2.09. The van der Waals surface area contributed by atoms with Gasteiger partial charge in [-0.15, -0.1) is 0 Å². The number of fused-ring (bicyclic) bond motifs is 1. The summed E-state index contributed by atoms with van der Waals surface area (Å²) >= 11 is 0. The van der Waals surface area contributed by atoms with Gasteiger partial charge in [0.05, 0.1) is 16.4 Å². The van der Waals surface area contributed by atoms with Gasteiger partial charge in [0.2, 0.25) is 0 Å². The molecule has 100 valence electrons. The van der Waals surface area contributed by atoms with E-state index >= 15 is 0 Å². The number of rotatable bonds is 4. The van der Waals surface area contributed by atoms with Crippen LogP contribution >= 0.6 is 0 Å². The summed E-state index contributed by atoms with van der Waals surface area (Å²) in [4.78, 5) is 19.2. The fourth-order valence-corrected chi connectivity index (χ4v) is 2.59. The van der Waals surface area contributed by atoms with Gasteiger partial charge in [0.1, 0.15) is 5.82 Å². The van der Waals surface area contributed by atoms with Crippen molar-refractivity contribution >= 4 is 17.0 Å². The molecule has 0 radical (unpaired) electrons. The number of carbonyl (C=O) groups is 1. The van der Waals surface area contributed by atoms with Gasteiger partial charge in [0.15, 0.2) is 0 Å². The Bertz CT molecular complexity index is 639. The van der Waals surface area contributed by atoms with Crippen molar-refractivity contribution in [1.29, 1.82) is 0 Å². The second-order valence-electron chi connectivity index (χ2n) is 5.90. The molecule has 0 saturated heterocycles. The summed E-state index contributed by atoms with van der Waals surface area (Å²) in [5.41, 5.74) is 2.12. The Labute approximate surface area is 111 Å². The number of aromatic nitrogens is 2. The highest BCUT2D eigenvalue weighted by Crippen LogP contribution is 2.48. The van der Waals surface area contributed by atoms with Crippen LogP contribution in [0.2, 0.25) is 0 Å². The molecule has 3 rings (SSSR count). The Kier molecular flexibility index (Phi) is 2.62. The monoisotopic (exact) mass is 258 g/mol. The largest absolute Gasteiger partial charge is 0.481 e. The van der Waals surface area contributed by atoms with Crippen molar-refractivity contribution in [2.45, 2.75) is 38.5 Å². The van der Waals surface area contributed by atoms with Crippen molar-refractivity contribution in [3.05, 3.63) is 29.6 Å². The quantitative estimate of drug-likeness (QED) is 0.886. The molecule has 4 heteroatoms. The Hall–Kier alpha value is -1.84. The molecule has 1 aromatic carbocycles. The van der Waals surface area contributed by atoms with Crippen LogP contribution in [0.5, 0.6) is 0 Å². The number of hydrogen-bond donors (Lipinski definition) is 2. The number of hydrogen-bond acceptors (Lipinski definition) is 2. The lowest BCUT2D eigenvalue weighted by atomic mass is 9.96. The molecule has 4 nitrogen and oxygen atoms in total. The van der Waals surface area contributed by atoms with Crippen LogP contribution in [0.15, 0.2) is 18.2 Å².